The van der Waals surface area contributed by atoms with E-state index in [1.54, 1.807) is 0 Å². The molecule has 2 fully saturated rings. The van der Waals surface area contributed by atoms with Crippen molar-refractivity contribution in [2.45, 2.75) is 26.7 Å². The van der Waals surface area contributed by atoms with Crippen LogP contribution in [0.2, 0.25) is 0 Å². The van der Waals surface area contributed by atoms with Crippen LogP contribution in [-0.2, 0) is 9.59 Å². The maximum atomic E-state index is 12.2. The first-order valence-corrected chi connectivity index (χ1v) is 8.40. The first kappa shape index (κ1) is 16.0. The summed E-state index contributed by atoms with van der Waals surface area (Å²) in [6.07, 6.45) is 2.11. The minimum absolute atomic E-state index is 0.0111. The second-order valence-corrected chi connectivity index (χ2v) is 6.80. The predicted molar refractivity (Wildman–Crippen MR) is 90.3 cm³/mol. The van der Waals surface area contributed by atoms with Gasteiger partial charge in [0.15, 0.2) is 0 Å². The number of carbonyl (C=O) groups is 2. The van der Waals surface area contributed by atoms with Crippen LogP contribution in [0.4, 0.5) is 5.69 Å². The van der Waals surface area contributed by atoms with Crippen molar-refractivity contribution in [1.82, 2.24) is 9.80 Å². The molecule has 1 saturated carbocycles. The van der Waals surface area contributed by atoms with E-state index in [1.165, 1.54) is 0 Å². The molecule has 5 heteroatoms. The summed E-state index contributed by atoms with van der Waals surface area (Å²) in [6.45, 7) is 7.48. The molecule has 124 valence electrons. The van der Waals surface area contributed by atoms with Gasteiger partial charge < -0.3 is 10.2 Å². The smallest absolute Gasteiger partial charge is 0.238 e. The molecule has 1 aromatic carbocycles. The van der Waals surface area contributed by atoms with E-state index >= 15 is 0 Å². The zero-order valence-corrected chi connectivity index (χ0v) is 14.0. The lowest BCUT2D eigenvalue weighted by molar-refractivity contribution is -0.134. The van der Waals surface area contributed by atoms with Gasteiger partial charge in [-0.3, -0.25) is 14.5 Å². The number of amides is 2. The first-order chi connectivity index (χ1) is 11.0. The summed E-state index contributed by atoms with van der Waals surface area (Å²) in [6, 6.07) is 6.06. The Bertz CT molecular complexity index is 582. The SMILES string of the molecule is Cc1cc(C)cc(NC(=O)CN2CCN(C(=O)C3CC3)CC2)c1. The molecule has 0 bridgehead atoms. The molecule has 0 atom stereocenters. The van der Waals surface area contributed by atoms with E-state index in [9.17, 15) is 9.59 Å². The lowest BCUT2D eigenvalue weighted by Crippen LogP contribution is -2.50. The summed E-state index contributed by atoms with van der Waals surface area (Å²) >= 11 is 0. The van der Waals surface area contributed by atoms with Crippen molar-refractivity contribution in [3.05, 3.63) is 29.3 Å². The van der Waals surface area contributed by atoms with Gasteiger partial charge in [0.05, 0.1) is 6.54 Å². The van der Waals surface area contributed by atoms with Crippen LogP contribution in [0.1, 0.15) is 24.0 Å². The van der Waals surface area contributed by atoms with Crippen molar-refractivity contribution in [2.75, 3.05) is 38.0 Å². The molecule has 1 aliphatic heterocycles. The normalized spacial score (nSPS) is 18.8. The van der Waals surface area contributed by atoms with E-state index in [0.717, 1.165) is 55.8 Å². The fourth-order valence-corrected chi connectivity index (χ4v) is 3.17. The van der Waals surface area contributed by atoms with Crippen LogP contribution >= 0.6 is 0 Å². The summed E-state index contributed by atoms with van der Waals surface area (Å²) < 4.78 is 0. The molecule has 1 saturated heterocycles. The van der Waals surface area contributed by atoms with Crippen molar-refractivity contribution in [3.63, 3.8) is 0 Å². The molecule has 2 aliphatic rings. The van der Waals surface area contributed by atoms with Gasteiger partial charge >= 0.3 is 0 Å². The molecule has 0 spiro atoms. The van der Waals surface area contributed by atoms with E-state index in [2.05, 4.69) is 16.3 Å². The summed E-state index contributed by atoms with van der Waals surface area (Å²) in [5.74, 6) is 0.607. The average molecular weight is 315 g/mol. The number of carbonyl (C=O) groups excluding carboxylic acids is 2. The molecule has 1 aromatic rings. The number of aryl methyl sites for hydroxylation is 2. The van der Waals surface area contributed by atoms with Crippen LogP contribution in [0.5, 0.6) is 0 Å². The molecule has 0 radical (unpaired) electrons. The number of benzene rings is 1. The third kappa shape index (κ3) is 4.32. The minimum Gasteiger partial charge on any atom is -0.340 e. The highest BCUT2D eigenvalue weighted by Crippen LogP contribution is 2.31. The number of hydrogen-bond donors (Lipinski definition) is 1. The molecule has 5 nitrogen and oxygen atoms in total. The van der Waals surface area contributed by atoms with Crippen molar-refractivity contribution in [3.8, 4) is 0 Å². The van der Waals surface area contributed by atoms with E-state index in [0.29, 0.717) is 12.5 Å². The fraction of sp³-hybridized carbons (Fsp3) is 0.556. The molecular weight excluding hydrogens is 290 g/mol. The van der Waals surface area contributed by atoms with E-state index in [1.807, 2.05) is 30.9 Å². The quantitative estimate of drug-likeness (QED) is 0.922. The number of piperazine rings is 1. The van der Waals surface area contributed by atoms with Gasteiger partial charge in [-0.15, -0.1) is 0 Å². The molecule has 0 unspecified atom stereocenters. The topological polar surface area (TPSA) is 52.7 Å². The molecule has 1 aliphatic carbocycles. The Labute approximate surface area is 137 Å². The van der Waals surface area contributed by atoms with E-state index in [4.69, 9.17) is 0 Å². The second-order valence-electron chi connectivity index (χ2n) is 6.80. The summed E-state index contributed by atoms with van der Waals surface area (Å²) in [5, 5.41) is 2.97. The highest BCUT2D eigenvalue weighted by atomic mass is 16.2. The van der Waals surface area contributed by atoms with Gasteiger partial charge in [0.25, 0.3) is 0 Å². The number of rotatable bonds is 4. The maximum absolute atomic E-state index is 12.2. The summed E-state index contributed by atoms with van der Waals surface area (Å²) in [7, 11) is 0. The monoisotopic (exact) mass is 315 g/mol. The highest BCUT2D eigenvalue weighted by Gasteiger charge is 2.34. The number of anilines is 1. The minimum atomic E-state index is 0.0111. The fourth-order valence-electron chi connectivity index (χ4n) is 3.17. The Morgan fingerprint density at radius 1 is 1.04 bits per heavy atom. The van der Waals surface area contributed by atoms with Gasteiger partial charge in [0, 0.05) is 37.8 Å². The van der Waals surface area contributed by atoms with Gasteiger partial charge in [0.2, 0.25) is 11.8 Å². The molecule has 3 rings (SSSR count). The second kappa shape index (κ2) is 6.71. The van der Waals surface area contributed by atoms with Crippen molar-refractivity contribution >= 4 is 17.5 Å². The number of nitrogens with one attached hydrogen (secondary N) is 1. The highest BCUT2D eigenvalue weighted by molar-refractivity contribution is 5.92. The standard InChI is InChI=1S/C18H25N3O2/c1-13-9-14(2)11-16(10-13)19-17(22)12-20-5-7-21(8-6-20)18(23)15-3-4-15/h9-11,15H,3-8,12H2,1-2H3,(H,19,22). The van der Waals surface area contributed by atoms with Gasteiger partial charge in [-0.25, -0.2) is 0 Å². The third-order valence-electron chi connectivity index (χ3n) is 4.48. The lowest BCUT2D eigenvalue weighted by atomic mass is 10.1. The Balaban J connectivity index is 1.46. The van der Waals surface area contributed by atoms with Gasteiger partial charge in [-0.2, -0.15) is 0 Å². The van der Waals surface area contributed by atoms with Crippen molar-refractivity contribution in [2.24, 2.45) is 5.92 Å². The molecule has 0 aromatic heterocycles. The average Bonchev–Trinajstić information content (AvgIpc) is 3.30. The first-order valence-electron chi connectivity index (χ1n) is 8.40. The number of nitrogens with zero attached hydrogens (tertiary/aromatic N) is 2. The van der Waals surface area contributed by atoms with Crippen LogP contribution < -0.4 is 5.32 Å². The number of hydrogen-bond acceptors (Lipinski definition) is 3. The third-order valence-corrected chi connectivity index (χ3v) is 4.48. The van der Waals surface area contributed by atoms with E-state index in [-0.39, 0.29) is 11.8 Å². The van der Waals surface area contributed by atoms with Gasteiger partial charge in [-0.1, -0.05) is 6.07 Å². The van der Waals surface area contributed by atoms with Crippen LogP contribution in [0.15, 0.2) is 18.2 Å². The Morgan fingerprint density at radius 2 is 1.65 bits per heavy atom. The Morgan fingerprint density at radius 3 is 2.22 bits per heavy atom. The van der Waals surface area contributed by atoms with Crippen LogP contribution in [0.3, 0.4) is 0 Å². The summed E-state index contributed by atoms with van der Waals surface area (Å²) in [5.41, 5.74) is 3.15. The molecule has 2 amide bonds. The van der Waals surface area contributed by atoms with Crippen molar-refractivity contribution < 1.29 is 9.59 Å². The lowest BCUT2D eigenvalue weighted by Gasteiger charge is -2.34. The van der Waals surface area contributed by atoms with Crippen LogP contribution in [-0.4, -0.2) is 54.3 Å². The molecule has 1 N–H and O–H groups in total. The molecule has 23 heavy (non-hydrogen) atoms. The zero-order valence-electron chi connectivity index (χ0n) is 14.0. The summed E-state index contributed by atoms with van der Waals surface area (Å²) in [4.78, 5) is 28.3. The molecule has 1 heterocycles. The largest absolute Gasteiger partial charge is 0.340 e. The van der Waals surface area contributed by atoms with Gasteiger partial charge in [-0.05, 0) is 49.9 Å². The van der Waals surface area contributed by atoms with Gasteiger partial charge in [0.1, 0.15) is 0 Å². The van der Waals surface area contributed by atoms with Crippen molar-refractivity contribution in [1.29, 1.82) is 0 Å². The van der Waals surface area contributed by atoms with E-state index < -0.39 is 0 Å². The Hall–Kier alpha value is -1.88. The van der Waals surface area contributed by atoms with Crippen LogP contribution in [0, 0.1) is 19.8 Å². The zero-order chi connectivity index (χ0) is 16.4. The Kier molecular flexibility index (Phi) is 4.66. The van der Waals surface area contributed by atoms with Crippen LogP contribution in [0.25, 0.3) is 0 Å². The molecular formula is C18H25N3O2. The predicted octanol–water partition coefficient (Wildman–Crippen LogP) is 1.80. The maximum Gasteiger partial charge on any atom is 0.238 e.